The molecule has 0 aliphatic rings. The molecular formula is C39H29N. The van der Waals surface area contributed by atoms with Gasteiger partial charge in [0.2, 0.25) is 0 Å². The molecule has 1 nitrogen and oxygen atoms in total. The standard InChI is InChI=1S/C39H29N/c1-3-11-29(12-4-1)30-22-19-28(20-23-30)21-26-38(40-33-15-5-2-6-16-33)39-35-18-10-8-14-32(35)27-37-34-17-9-7-13-31(34)24-25-36(37)39/h1-20,22-27,40H,21H2/b38-26-. The third-order valence-corrected chi connectivity index (χ3v) is 7.70. The highest BCUT2D eigenvalue weighted by Gasteiger charge is 2.14. The number of allylic oxidation sites excluding steroid dienone is 1. The Balaban J connectivity index is 1.39. The van der Waals surface area contributed by atoms with Crippen LogP contribution in [0.2, 0.25) is 0 Å². The van der Waals surface area contributed by atoms with Gasteiger partial charge in [-0.15, -0.1) is 0 Å². The molecule has 0 amide bonds. The SMILES string of the molecule is C(/Cc1ccc(-c2ccccc2)cc1)=C(/Nc1ccccc1)c1c2ccccc2cc2c1ccc1ccccc12. The van der Waals surface area contributed by atoms with Gasteiger partial charge in [0, 0.05) is 16.9 Å². The van der Waals surface area contributed by atoms with Gasteiger partial charge in [-0.2, -0.15) is 0 Å². The van der Waals surface area contributed by atoms with Crippen LogP contribution in [0.5, 0.6) is 0 Å². The molecule has 1 heteroatoms. The number of anilines is 1. The van der Waals surface area contributed by atoms with Crippen LogP contribution in [0.25, 0.3) is 49.1 Å². The van der Waals surface area contributed by atoms with E-state index in [1.165, 1.54) is 54.6 Å². The van der Waals surface area contributed by atoms with E-state index < -0.39 is 0 Å². The summed E-state index contributed by atoms with van der Waals surface area (Å²) in [5, 5.41) is 11.4. The molecule has 7 aromatic rings. The van der Waals surface area contributed by atoms with Crippen LogP contribution in [0.15, 0.2) is 158 Å². The van der Waals surface area contributed by atoms with Crippen LogP contribution >= 0.6 is 0 Å². The van der Waals surface area contributed by atoms with E-state index >= 15 is 0 Å². The van der Waals surface area contributed by atoms with Crippen LogP contribution in [0.3, 0.4) is 0 Å². The molecule has 0 saturated heterocycles. The number of benzene rings is 7. The lowest BCUT2D eigenvalue weighted by Crippen LogP contribution is -2.02. The summed E-state index contributed by atoms with van der Waals surface area (Å²) in [6.07, 6.45) is 3.17. The fourth-order valence-electron chi connectivity index (χ4n) is 5.69. The maximum absolute atomic E-state index is 3.80. The van der Waals surface area contributed by atoms with E-state index in [2.05, 4.69) is 163 Å². The Morgan fingerprint density at radius 2 is 1.10 bits per heavy atom. The lowest BCUT2D eigenvalue weighted by Gasteiger charge is -2.18. The first-order valence-electron chi connectivity index (χ1n) is 13.8. The van der Waals surface area contributed by atoms with Gasteiger partial charge >= 0.3 is 0 Å². The Hall–Kier alpha value is -5.14. The van der Waals surface area contributed by atoms with Gasteiger partial charge in [-0.1, -0.05) is 140 Å². The van der Waals surface area contributed by atoms with Gasteiger partial charge in [0.05, 0.1) is 0 Å². The van der Waals surface area contributed by atoms with E-state index in [4.69, 9.17) is 0 Å². The van der Waals surface area contributed by atoms with Gasteiger partial charge in [-0.3, -0.25) is 0 Å². The molecule has 0 radical (unpaired) electrons. The molecule has 0 bridgehead atoms. The fraction of sp³-hybridized carbons (Fsp3) is 0.0256. The second-order valence-electron chi connectivity index (χ2n) is 10.2. The zero-order valence-electron chi connectivity index (χ0n) is 22.2. The maximum atomic E-state index is 3.80. The van der Waals surface area contributed by atoms with Crippen molar-refractivity contribution in [1.29, 1.82) is 0 Å². The molecule has 7 aromatic carbocycles. The first kappa shape index (κ1) is 23.9. The number of hydrogen-bond acceptors (Lipinski definition) is 1. The minimum absolute atomic E-state index is 0.822. The topological polar surface area (TPSA) is 12.0 Å². The Kier molecular flexibility index (Phi) is 6.32. The molecule has 40 heavy (non-hydrogen) atoms. The van der Waals surface area contributed by atoms with Crippen molar-refractivity contribution in [1.82, 2.24) is 0 Å². The van der Waals surface area contributed by atoms with E-state index in [0.717, 1.165) is 17.8 Å². The summed E-state index contributed by atoms with van der Waals surface area (Å²) >= 11 is 0. The summed E-state index contributed by atoms with van der Waals surface area (Å²) in [6.45, 7) is 0. The highest BCUT2D eigenvalue weighted by atomic mass is 14.9. The minimum atomic E-state index is 0.822. The predicted molar refractivity (Wildman–Crippen MR) is 173 cm³/mol. The molecule has 0 spiro atoms. The highest BCUT2D eigenvalue weighted by Crippen LogP contribution is 2.37. The van der Waals surface area contributed by atoms with E-state index in [1.807, 2.05) is 0 Å². The van der Waals surface area contributed by atoms with Crippen molar-refractivity contribution in [2.75, 3.05) is 5.32 Å². The molecular weight excluding hydrogens is 482 g/mol. The molecule has 1 N–H and O–H groups in total. The molecule has 190 valence electrons. The van der Waals surface area contributed by atoms with Crippen LogP contribution in [0, 0.1) is 0 Å². The number of fused-ring (bicyclic) bond motifs is 4. The molecule has 0 aliphatic carbocycles. The number of nitrogens with one attached hydrogen (secondary N) is 1. The Labute approximate surface area is 235 Å². The van der Waals surface area contributed by atoms with Crippen molar-refractivity contribution < 1.29 is 0 Å². The van der Waals surface area contributed by atoms with Crippen molar-refractivity contribution in [3.8, 4) is 11.1 Å². The van der Waals surface area contributed by atoms with Crippen molar-refractivity contribution in [2.45, 2.75) is 6.42 Å². The third-order valence-electron chi connectivity index (χ3n) is 7.70. The number of para-hydroxylation sites is 1. The van der Waals surface area contributed by atoms with Crippen LogP contribution in [-0.2, 0) is 6.42 Å². The quantitative estimate of drug-likeness (QED) is 0.173. The highest BCUT2D eigenvalue weighted by molar-refractivity contribution is 6.18. The normalized spacial score (nSPS) is 11.8. The second-order valence-corrected chi connectivity index (χ2v) is 10.2. The average Bonchev–Trinajstić information content (AvgIpc) is 3.03. The van der Waals surface area contributed by atoms with Gasteiger partial charge in [0.25, 0.3) is 0 Å². The van der Waals surface area contributed by atoms with E-state index in [0.29, 0.717) is 0 Å². The van der Waals surface area contributed by atoms with Gasteiger partial charge in [0.1, 0.15) is 0 Å². The number of rotatable bonds is 6. The average molecular weight is 512 g/mol. The van der Waals surface area contributed by atoms with E-state index in [1.54, 1.807) is 0 Å². The lowest BCUT2D eigenvalue weighted by molar-refractivity contribution is 1.27. The van der Waals surface area contributed by atoms with Crippen LogP contribution < -0.4 is 5.32 Å². The van der Waals surface area contributed by atoms with Gasteiger partial charge < -0.3 is 5.32 Å². The maximum Gasteiger partial charge on any atom is 0.0433 e. The Morgan fingerprint density at radius 3 is 1.88 bits per heavy atom. The molecule has 0 atom stereocenters. The fourth-order valence-corrected chi connectivity index (χ4v) is 5.69. The van der Waals surface area contributed by atoms with Crippen molar-refractivity contribution in [3.05, 3.63) is 169 Å². The second kappa shape index (κ2) is 10.6. The first-order chi connectivity index (χ1) is 19.8. The summed E-state index contributed by atoms with van der Waals surface area (Å²) < 4.78 is 0. The zero-order valence-corrected chi connectivity index (χ0v) is 22.2. The smallest absolute Gasteiger partial charge is 0.0433 e. The van der Waals surface area contributed by atoms with Crippen molar-refractivity contribution in [3.63, 3.8) is 0 Å². The zero-order chi connectivity index (χ0) is 26.7. The van der Waals surface area contributed by atoms with Crippen molar-refractivity contribution >= 4 is 43.7 Å². The van der Waals surface area contributed by atoms with Gasteiger partial charge in [-0.25, -0.2) is 0 Å². The monoisotopic (exact) mass is 511 g/mol. The summed E-state index contributed by atoms with van der Waals surface area (Å²) in [6, 6.07) is 54.3. The number of hydrogen-bond donors (Lipinski definition) is 1. The van der Waals surface area contributed by atoms with Crippen molar-refractivity contribution in [2.24, 2.45) is 0 Å². The van der Waals surface area contributed by atoms with E-state index in [9.17, 15) is 0 Å². The summed E-state index contributed by atoms with van der Waals surface area (Å²) in [5.41, 5.74) is 7.20. The summed E-state index contributed by atoms with van der Waals surface area (Å²) in [7, 11) is 0. The van der Waals surface area contributed by atoms with Gasteiger partial charge in [-0.05, 0) is 73.6 Å². The summed E-state index contributed by atoms with van der Waals surface area (Å²) in [5.74, 6) is 0. The van der Waals surface area contributed by atoms with Crippen LogP contribution in [0.4, 0.5) is 5.69 Å². The third kappa shape index (κ3) is 4.63. The molecule has 0 unspecified atom stereocenters. The molecule has 0 fully saturated rings. The lowest BCUT2D eigenvalue weighted by atomic mass is 9.91. The largest absolute Gasteiger partial charge is 0.355 e. The first-order valence-corrected chi connectivity index (χ1v) is 13.8. The van der Waals surface area contributed by atoms with Crippen LogP contribution in [-0.4, -0.2) is 0 Å². The molecule has 0 aromatic heterocycles. The minimum Gasteiger partial charge on any atom is -0.355 e. The Bertz CT molecular complexity index is 1970. The predicted octanol–water partition coefficient (Wildman–Crippen LogP) is 10.5. The van der Waals surface area contributed by atoms with E-state index in [-0.39, 0.29) is 0 Å². The summed E-state index contributed by atoms with van der Waals surface area (Å²) in [4.78, 5) is 0. The molecule has 0 heterocycles. The molecule has 0 aliphatic heterocycles. The van der Waals surface area contributed by atoms with Crippen LogP contribution in [0.1, 0.15) is 11.1 Å². The molecule has 0 saturated carbocycles. The van der Waals surface area contributed by atoms with Gasteiger partial charge in [0.15, 0.2) is 0 Å². The Morgan fingerprint density at radius 1 is 0.475 bits per heavy atom. The molecule has 7 rings (SSSR count).